The summed E-state index contributed by atoms with van der Waals surface area (Å²) in [6, 6.07) is 17.3. The number of Topliss-reactive ketones (excluding diaryl/α,β-unsaturated/α-hetero) is 1. The molecule has 0 radical (unpaired) electrons. The minimum atomic E-state index is -0.0174. The van der Waals surface area contributed by atoms with Crippen LogP contribution in [0.25, 0.3) is 23.4 Å². The Morgan fingerprint density at radius 1 is 0.929 bits per heavy atom. The monoisotopic (exact) mass is 368 g/mol. The summed E-state index contributed by atoms with van der Waals surface area (Å²) >= 11 is 0. The summed E-state index contributed by atoms with van der Waals surface area (Å²) in [7, 11) is 0. The molecule has 0 aliphatic carbocycles. The number of pyridine rings is 1. The standard InChI is InChI=1S/C24H20N2O2/c1-16(27)21-8-4-5-9-22(21)23-13-20-15-26(17(2)28)24-10-6-3-7-18(24)11-12-19(20)14-25-23/h3-14H,15H2,1-2H3. The van der Waals surface area contributed by atoms with Gasteiger partial charge in [-0.15, -0.1) is 0 Å². The summed E-state index contributed by atoms with van der Waals surface area (Å²) in [4.78, 5) is 30.8. The van der Waals surface area contributed by atoms with Crippen molar-refractivity contribution in [3.8, 4) is 11.3 Å². The molecule has 0 saturated heterocycles. The lowest BCUT2D eigenvalue weighted by Gasteiger charge is -2.26. The largest absolute Gasteiger partial charge is 0.308 e. The second-order valence-electron chi connectivity index (χ2n) is 6.87. The zero-order valence-corrected chi connectivity index (χ0v) is 15.8. The number of benzene rings is 2. The molecule has 1 amide bonds. The van der Waals surface area contributed by atoms with E-state index in [1.54, 1.807) is 18.7 Å². The number of aromatic nitrogens is 1. The fourth-order valence-corrected chi connectivity index (χ4v) is 3.55. The van der Waals surface area contributed by atoms with Crippen molar-refractivity contribution in [1.29, 1.82) is 0 Å². The van der Waals surface area contributed by atoms with Crippen LogP contribution in [0.2, 0.25) is 0 Å². The normalized spacial score (nSPS) is 12.6. The first-order valence-electron chi connectivity index (χ1n) is 9.19. The molecule has 1 aromatic heterocycles. The first kappa shape index (κ1) is 17.9. The summed E-state index contributed by atoms with van der Waals surface area (Å²) in [5.41, 5.74) is 6.02. The molecule has 0 spiro atoms. The number of anilines is 1. The predicted molar refractivity (Wildman–Crippen MR) is 112 cm³/mol. The lowest BCUT2D eigenvalue weighted by atomic mass is 9.97. The number of carbonyl (C=O) groups is 2. The first-order chi connectivity index (χ1) is 13.5. The van der Waals surface area contributed by atoms with E-state index in [0.29, 0.717) is 12.1 Å². The maximum absolute atomic E-state index is 12.4. The van der Waals surface area contributed by atoms with Crippen LogP contribution in [0.4, 0.5) is 5.69 Å². The Morgan fingerprint density at radius 3 is 2.43 bits per heavy atom. The Bertz CT molecular complexity index is 1120. The van der Waals surface area contributed by atoms with Gasteiger partial charge in [0.1, 0.15) is 0 Å². The van der Waals surface area contributed by atoms with Gasteiger partial charge in [-0.1, -0.05) is 54.6 Å². The van der Waals surface area contributed by atoms with Gasteiger partial charge in [0, 0.05) is 24.2 Å². The summed E-state index contributed by atoms with van der Waals surface area (Å²) in [6.07, 6.45) is 5.85. The quantitative estimate of drug-likeness (QED) is 0.599. The lowest BCUT2D eigenvalue weighted by molar-refractivity contribution is -0.116. The van der Waals surface area contributed by atoms with Crippen molar-refractivity contribution in [2.24, 2.45) is 0 Å². The van der Waals surface area contributed by atoms with Crippen molar-refractivity contribution in [3.63, 3.8) is 0 Å². The van der Waals surface area contributed by atoms with Gasteiger partial charge in [0.05, 0.1) is 17.9 Å². The molecule has 2 aromatic carbocycles. The van der Waals surface area contributed by atoms with Gasteiger partial charge in [0.2, 0.25) is 5.91 Å². The third-order valence-corrected chi connectivity index (χ3v) is 4.99. The third-order valence-electron chi connectivity index (χ3n) is 4.99. The van der Waals surface area contributed by atoms with E-state index in [-0.39, 0.29) is 11.7 Å². The number of para-hydroxylation sites is 1. The number of carbonyl (C=O) groups excluding carboxylic acids is 2. The topological polar surface area (TPSA) is 50.3 Å². The van der Waals surface area contributed by atoms with Crippen molar-refractivity contribution in [2.75, 3.05) is 4.90 Å². The van der Waals surface area contributed by atoms with Gasteiger partial charge in [-0.25, -0.2) is 0 Å². The maximum atomic E-state index is 12.4. The molecule has 4 nitrogen and oxygen atoms in total. The molecule has 4 heteroatoms. The highest BCUT2D eigenvalue weighted by atomic mass is 16.2. The molecule has 0 atom stereocenters. The molecule has 0 saturated carbocycles. The third kappa shape index (κ3) is 3.25. The van der Waals surface area contributed by atoms with E-state index in [1.807, 2.05) is 72.9 Å². The fraction of sp³-hybridized carbons (Fsp3) is 0.125. The number of hydrogen-bond acceptors (Lipinski definition) is 3. The van der Waals surface area contributed by atoms with E-state index in [9.17, 15) is 9.59 Å². The summed E-state index contributed by atoms with van der Waals surface area (Å²) in [5.74, 6) is -0.0143. The van der Waals surface area contributed by atoms with Crippen LogP contribution in [0.15, 0.2) is 60.8 Å². The number of ketones is 1. The van der Waals surface area contributed by atoms with Crippen molar-refractivity contribution in [3.05, 3.63) is 83.0 Å². The van der Waals surface area contributed by atoms with Crippen LogP contribution in [0.5, 0.6) is 0 Å². The lowest BCUT2D eigenvalue weighted by Crippen LogP contribution is -2.29. The summed E-state index contributed by atoms with van der Waals surface area (Å²) < 4.78 is 0. The van der Waals surface area contributed by atoms with E-state index < -0.39 is 0 Å². The molecule has 0 unspecified atom stereocenters. The van der Waals surface area contributed by atoms with Gasteiger partial charge >= 0.3 is 0 Å². The van der Waals surface area contributed by atoms with E-state index in [2.05, 4.69) is 4.98 Å². The number of amides is 1. The van der Waals surface area contributed by atoms with E-state index in [0.717, 1.165) is 33.6 Å². The molecule has 28 heavy (non-hydrogen) atoms. The summed E-state index contributed by atoms with van der Waals surface area (Å²) in [5, 5.41) is 0. The Labute approximate surface area is 164 Å². The van der Waals surface area contributed by atoms with E-state index >= 15 is 0 Å². The predicted octanol–water partition coefficient (Wildman–Crippen LogP) is 4.99. The van der Waals surface area contributed by atoms with E-state index in [4.69, 9.17) is 0 Å². The molecule has 3 aromatic rings. The van der Waals surface area contributed by atoms with Crippen LogP contribution in [0.1, 0.15) is 40.9 Å². The van der Waals surface area contributed by atoms with Crippen LogP contribution in [0, 0.1) is 0 Å². The zero-order chi connectivity index (χ0) is 19.7. The smallest absolute Gasteiger partial charge is 0.224 e. The minimum Gasteiger partial charge on any atom is -0.308 e. The van der Waals surface area contributed by atoms with Gasteiger partial charge in [0.25, 0.3) is 0 Å². The Hall–Kier alpha value is -3.53. The Kier molecular flexibility index (Phi) is 4.62. The molecular weight excluding hydrogens is 348 g/mol. The molecule has 1 aliphatic rings. The maximum Gasteiger partial charge on any atom is 0.224 e. The fourth-order valence-electron chi connectivity index (χ4n) is 3.55. The molecule has 138 valence electrons. The Balaban J connectivity index is 1.85. The zero-order valence-electron chi connectivity index (χ0n) is 15.8. The van der Waals surface area contributed by atoms with Crippen molar-refractivity contribution < 1.29 is 9.59 Å². The Morgan fingerprint density at radius 2 is 1.64 bits per heavy atom. The molecular formula is C24H20N2O2. The van der Waals surface area contributed by atoms with Crippen LogP contribution < -0.4 is 4.90 Å². The van der Waals surface area contributed by atoms with Crippen molar-refractivity contribution >= 4 is 29.5 Å². The molecule has 0 bridgehead atoms. The summed E-state index contributed by atoms with van der Waals surface area (Å²) in [6.45, 7) is 3.59. The molecule has 0 N–H and O–H groups in total. The average molecular weight is 368 g/mol. The second-order valence-corrected chi connectivity index (χ2v) is 6.87. The number of hydrogen-bond donors (Lipinski definition) is 0. The van der Waals surface area contributed by atoms with Crippen LogP contribution in [-0.2, 0) is 11.3 Å². The number of fused-ring (bicyclic) bond motifs is 2. The average Bonchev–Trinajstić information content (AvgIpc) is 2.69. The SMILES string of the molecule is CC(=O)c1ccccc1-c1cc2c(cn1)C=Cc1ccccc1N(C(C)=O)C2. The van der Waals surface area contributed by atoms with E-state index in [1.165, 1.54) is 0 Å². The second kappa shape index (κ2) is 7.24. The minimum absolute atomic E-state index is 0.00308. The number of nitrogens with zero attached hydrogens (tertiary/aromatic N) is 2. The number of rotatable bonds is 2. The highest BCUT2D eigenvalue weighted by Crippen LogP contribution is 2.31. The van der Waals surface area contributed by atoms with Crippen LogP contribution in [0.3, 0.4) is 0 Å². The van der Waals surface area contributed by atoms with Gasteiger partial charge in [-0.3, -0.25) is 14.6 Å². The van der Waals surface area contributed by atoms with Crippen molar-refractivity contribution in [1.82, 2.24) is 4.98 Å². The van der Waals surface area contributed by atoms with Gasteiger partial charge < -0.3 is 4.90 Å². The molecule has 1 aliphatic heterocycles. The van der Waals surface area contributed by atoms with Crippen LogP contribution >= 0.6 is 0 Å². The highest BCUT2D eigenvalue weighted by molar-refractivity contribution is 6.00. The highest BCUT2D eigenvalue weighted by Gasteiger charge is 2.19. The van der Waals surface area contributed by atoms with Gasteiger partial charge in [-0.2, -0.15) is 0 Å². The molecule has 0 fully saturated rings. The van der Waals surface area contributed by atoms with Gasteiger partial charge in [-0.05, 0) is 35.7 Å². The van der Waals surface area contributed by atoms with Gasteiger partial charge in [0.15, 0.2) is 5.78 Å². The van der Waals surface area contributed by atoms with Crippen molar-refractivity contribution in [2.45, 2.75) is 20.4 Å². The molecule has 4 rings (SSSR count). The molecule has 2 heterocycles. The van der Waals surface area contributed by atoms with Crippen LogP contribution in [-0.4, -0.2) is 16.7 Å². The first-order valence-corrected chi connectivity index (χ1v) is 9.19.